The fourth-order valence-corrected chi connectivity index (χ4v) is 4.32. The SMILES string of the molecule is C[C@H](CCC(=O)O)NC(=O)CC[C@H](NC(=O)CC[C@H](NC(=O)c1ccc(NCc2cnc3nc(N)[nH]c(=O)c3n2)cc1)C(=O)O)C(=O)O. The number of nitrogens with zero attached hydrogens (tertiary/aromatic N) is 3. The molecule has 48 heavy (non-hydrogen) atoms. The molecule has 0 saturated carbocycles. The van der Waals surface area contributed by atoms with Crippen molar-refractivity contribution in [3.05, 3.63) is 52.1 Å². The van der Waals surface area contributed by atoms with Crippen LogP contribution in [-0.2, 0) is 30.5 Å². The monoisotopic (exact) mass is 669 g/mol. The van der Waals surface area contributed by atoms with Crippen molar-refractivity contribution in [2.45, 2.75) is 70.1 Å². The molecule has 0 bridgehead atoms. The van der Waals surface area contributed by atoms with E-state index in [0.29, 0.717) is 11.4 Å². The van der Waals surface area contributed by atoms with Crippen LogP contribution < -0.4 is 32.6 Å². The number of nitrogen functional groups attached to an aromatic ring is 1. The third-order valence-corrected chi connectivity index (χ3v) is 6.86. The van der Waals surface area contributed by atoms with Gasteiger partial charge in [0.05, 0.1) is 18.4 Å². The first-order valence-corrected chi connectivity index (χ1v) is 14.6. The van der Waals surface area contributed by atoms with Crippen LogP contribution in [0.1, 0.15) is 61.5 Å². The van der Waals surface area contributed by atoms with Crippen LogP contribution in [0, 0.1) is 0 Å². The van der Waals surface area contributed by atoms with E-state index >= 15 is 0 Å². The fraction of sp³-hybridized carbons (Fsp3) is 0.379. The third-order valence-electron chi connectivity index (χ3n) is 6.86. The molecule has 0 aliphatic rings. The molecule has 3 rings (SSSR count). The summed E-state index contributed by atoms with van der Waals surface area (Å²) in [5, 5.41) is 37.9. The van der Waals surface area contributed by atoms with Crippen LogP contribution in [0.2, 0.25) is 0 Å². The van der Waals surface area contributed by atoms with Crippen LogP contribution in [0.3, 0.4) is 0 Å². The predicted octanol–water partition coefficient (Wildman–Crippen LogP) is -0.410. The normalized spacial score (nSPS) is 12.7. The van der Waals surface area contributed by atoms with Crippen molar-refractivity contribution in [3.8, 4) is 0 Å². The molecule has 0 fully saturated rings. The number of fused-ring (bicyclic) bond motifs is 1. The van der Waals surface area contributed by atoms with Gasteiger partial charge in [-0.15, -0.1) is 0 Å². The molecule has 0 radical (unpaired) electrons. The fourth-order valence-electron chi connectivity index (χ4n) is 4.32. The van der Waals surface area contributed by atoms with Crippen LogP contribution >= 0.6 is 0 Å². The van der Waals surface area contributed by atoms with Crippen LogP contribution in [0.4, 0.5) is 11.6 Å². The van der Waals surface area contributed by atoms with Crippen molar-refractivity contribution >= 4 is 58.4 Å². The Morgan fingerprint density at radius 2 is 1.44 bits per heavy atom. The van der Waals surface area contributed by atoms with E-state index in [-0.39, 0.29) is 61.3 Å². The van der Waals surface area contributed by atoms with Crippen molar-refractivity contribution in [1.29, 1.82) is 0 Å². The minimum absolute atomic E-state index is 0.0183. The maximum atomic E-state index is 12.7. The van der Waals surface area contributed by atoms with E-state index in [0.717, 1.165) is 0 Å². The lowest BCUT2D eigenvalue weighted by molar-refractivity contribution is -0.143. The number of aliphatic carboxylic acids is 3. The molecule has 0 saturated heterocycles. The zero-order valence-electron chi connectivity index (χ0n) is 25.7. The van der Waals surface area contributed by atoms with E-state index in [1.54, 1.807) is 19.1 Å². The lowest BCUT2D eigenvalue weighted by Gasteiger charge is -2.18. The number of aromatic amines is 1. The molecule has 2 aromatic heterocycles. The minimum atomic E-state index is -1.47. The van der Waals surface area contributed by atoms with E-state index in [4.69, 9.17) is 10.8 Å². The highest BCUT2D eigenvalue weighted by Gasteiger charge is 2.25. The van der Waals surface area contributed by atoms with Crippen LogP contribution in [0.15, 0.2) is 35.3 Å². The number of carbonyl (C=O) groups excluding carboxylic acids is 3. The van der Waals surface area contributed by atoms with Crippen molar-refractivity contribution in [1.82, 2.24) is 35.9 Å². The second-order valence-corrected chi connectivity index (χ2v) is 10.7. The molecule has 256 valence electrons. The lowest BCUT2D eigenvalue weighted by atomic mass is 10.1. The van der Waals surface area contributed by atoms with Crippen molar-refractivity contribution < 1.29 is 44.1 Å². The molecule has 19 nitrogen and oxygen atoms in total. The Labute approximate surface area is 271 Å². The molecule has 0 aliphatic heterocycles. The van der Waals surface area contributed by atoms with Gasteiger partial charge >= 0.3 is 17.9 Å². The predicted molar refractivity (Wildman–Crippen MR) is 168 cm³/mol. The highest BCUT2D eigenvalue weighted by atomic mass is 16.4. The number of hydrogen-bond donors (Lipinski definition) is 9. The van der Waals surface area contributed by atoms with Crippen molar-refractivity contribution in [2.24, 2.45) is 0 Å². The van der Waals surface area contributed by atoms with Crippen LogP contribution in [0.5, 0.6) is 0 Å². The first kappa shape index (κ1) is 36.3. The number of aromatic nitrogens is 4. The molecule has 3 amide bonds. The number of benzene rings is 1. The molecule has 1 aromatic carbocycles. The van der Waals surface area contributed by atoms with Crippen LogP contribution in [-0.4, -0.2) is 89.0 Å². The zero-order chi connectivity index (χ0) is 35.4. The minimum Gasteiger partial charge on any atom is -0.481 e. The standard InChI is InChI=1S/C29H35N9O10/c1-14(2-11-22(41)42)33-20(39)9-7-18(27(45)46)35-21(40)10-8-19(28(47)48)36-25(43)15-3-5-16(6-4-15)31-12-17-13-32-24-23(34-17)26(44)38-29(30)37-24/h3-6,13-14,18-19,31H,2,7-12H2,1H3,(H,33,39)(H,35,40)(H,36,43)(H,41,42)(H,45,46)(H,47,48)(H3,30,32,37,38,44)/t14-,18+,19+/m1/s1. The Balaban J connectivity index is 1.48. The van der Waals surface area contributed by atoms with Gasteiger partial charge in [-0.3, -0.25) is 29.0 Å². The number of carboxylic acids is 3. The molecule has 10 N–H and O–H groups in total. The summed E-state index contributed by atoms with van der Waals surface area (Å²) in [6.07, 6.45) is 0.155. The summed E-state index contributed by atoms with van der Waals surface area (Å²) in [4.78, 5) is 97.9. The van der Waals surface area contributed by atoms with E-state index in [1.165, 1.54) is 18.3 Å². The third kappa shape index (κ3) is 11.3. The lowest BCUT2D eigenvalue weighted by Crippen LogP contribution is -2.44. The van der Waals surface area contributed by atoms with E-state index in [1.807, 2.05) is 0 Å². The van der Waals surface area contributed by atoms with Gasteiger partial charge in [-0.05, 0) is 50.5 Å². The number of carbonyl (C=O) groups is 6. The van der Waals surface area contributed by atoms with Gasteiger partial charge in [0.1, 0.15) is 12.1 Å². The van der Waals surface area contributed by atoms with Crippen molar-refractivity contribution in [3.63, 3.8) is 0 Å². The van der Waals surface area contributed by atoms with Gasteiger partial charge in [0.2, 0.25) is 17.8 Å². The summed E-state index contributed by atoms with van der Waals surface area (Å²) in [5.74, 6) is -5.96. The number of amides is 3. The highest BCUT2D eigenvalue weighted by molar-refractivity contribution is 5.97. The number of H-pyrrole nitrogens is 1. The highest BCUT2D eigenvalue weighted by Crippen LogP contribution is 2.13. The largest absolute Gasteiger partial charge is 0.481 e. The molecule has 3 aromatic rings. The summed E-state index contributed by atoms with van der Waals surface area (Å²) >= 11 is 0. The summed E-state index contributed by atoms with van der Waals surface area (Å²) in [5.41, 5.74) is 6.20. The second kappa shape index (κ2) is 17.0. The van der Waals surface area contributed by atoms with Crippen molar-refractivity contribution in [2.75, 3.05) is 11.1 Å². The molecular formula is C29H35N9O10. The molecule has 19 heteroatoms. The van der Waals surface area contributed by atoms with Crippen LogP contribution in [0.25, 0.3) is 11.2 Å². The average Bonchev–Trinajstić information content (AvgIpc) is 3.02. The zero-order valence-corrected chi connectivity index (χ0v) is 25.7. The summed E-state index contributed by atoms with van der Waals surface area (Å²) < 4.78 is 0. The Morgan fingerprint density at radius 1 is 0.833 bits per heavy atom. The maximum Gasteiger partial charge on any atom is 0.326 e. The molecular weight excluding hydrogens is 634 g/mol. The van der Waals surface area contributed by atoms with Gasteiger partial charge in [-0.25, -0.2) is 19.6 Å². The molecule has 0 unspecified atom stereocenters. The molecule has 0 aliphatic carbocycles. The number of carboxylic acid groups (broad SMARTS) is 3. The van der Waals surface area contributed by atoms with Gasteiger partial charge in [0.15, 0.2) is 11.2 Å². The smallest absolute Gasteiger partial charge is 0.326 e. The molecule has 2 heterocycles. The first-order valence-electron chi connectivity index (χ1n) is 14.6. The van der Waals surface area contributed by atoms with E-state index in [2.05, 4.69) is 41.2 Å². The average molecular weight is 670 g/mol. The Hall–Kier alpha value is -6.14. The molecule has 0 spiro atoms. The number of anilines is 2. The van der Waals surface area contributed by atoms with Gasteiger partial charge in [-0.1, -0.05) is 0 Å². The van der Waals surface area contributed by atoms with Gasteiger partial charge < -0.3 is 42.3 Å². The number of nitrogens with one attached hydrogen (secondary N) is 5. The Kier molecular flexibility index (Phi) is 12.8. The Bertz CT molecular complexity index is 1730. The number of rotatable bonds is 18. The quantitative estimate of drug-likeness (QED) is 0.0831. The van der Waals surface area contributed by atoms with Gasteiger partial charge in [0, 0.05) is 36.6 Å². The summed E-state index contributed by atoms with van der Waals surface area (Å²) in [7, 11) is 0. The summed E-state index contributed by atoms with van der Waals surface area (Å²) in [6, 6.07) is 2.64. The molecule has 3 atom stereocenters. The maximum absolute atomic E-state index is 12.7. The first-order chi connectivity index (χ1) is 22.7. The van der Waals surface area contributed by atoms with E-state index < -0.39 is 65.7 Å². The van der Waals surface area contributed by atoms with Gasteiger partial charge in [0.25, 0.3) is 11.5 Å². The Morgan fingerprint density at radius 3 is 2.04 bits per heavy atom. The number of hydrogen-bond acceptors (Lipinski definition) is 12. The summed E-state index contributed by atoms with van der Waals surface area (Å²) in [6.45, 7) is 1.78. The topological polar surface area (TPSA) is 309 Å². The number of nitrogens with two attached hydrogens (primary N) is 1. The van der Waals surface area contributed by atoms with Gasteiger partial charge in [-0.2, -0.15) is 4.98 Å². The second-order valence-electron chi connectivity index (χ2n) is 10.7. The van der Waals surface area contributed by atoms with E-state index in [9.17, 15) is 43.8 Å².